The number of thioether (sulfide) groups is 1. The van der Waals surface area contributed by atoms with Crippen LogP contribution in [0.25, 0.3) is 0 Å². The van der Waals surface area contributed by atoms with Gasteiger partial charge in [0.2, 0.25) is 5.89 Å². The summed E-state index contributed by atoms with van der Waals surface area (Å²) in [5, 5.41) is 14.1. The van der Waals surface area contributed by atoms with Crippen LogP contribution in [-0.2, 0) is 0 Å². The smallest absolute Gasteiger partial charge is 0.233 e. The highest BCUT2D eigenvalue weighted by molar-refractivity contribution is 7.99. The Bertz CT molecular complexity index is 475. The molecular formula is C16H26N2O2S. The lowest BCUT2D eigenvalue weighted by molar-refractivity contribution is 0.163. The molecule has 118 valence electrons. The minimum absolute atomic E-state index is 0.0298. The third-order valence-corrected chi connectivity index (χ3v) is 6.31. The van der Waals surface area contributed by atoms with Crippen molar-refractivity contribution in [1.82, 2.24) is 10.1 Å². The number of nitrogens with zero attached hydrogens (tertiary/aromatic N) is 2. The molecule has 2 fully saturated rings. The fourth-order valence-corrected chi connectivity index (χ4v) is 4.79. The Kier molecular flexibility index (Phi) is 4.33. The van der Waals surface area contributed by atoms with E-state index in [1.54, 1.807) is 11.8 Å². The van der Waals surface area contributed by atoms with Crippen molar-refractivity contribution in [3.8, 4) is 0 Å². The first kappa shape index (κ1) is 15.3. The summed E-state index contributed by atoms with van der Waals surface area (Å²) in [6.45, 7) is 7.01. The summed E-state index contributed by atoms with van der Waals surface area (Å²) in [7, 11) is 0. The van der Waals surface area contributed by atoms with Crippen LogP contribution in [0.15, 0.2) is 4.52 Å². The van der Waals surface area contributed by atoms with Crippen LogP contribution in [0.3, 0.4) is 0 Å². The van der Waals surface area contributed by atoms with Crippen LogP contribution in [0, 0.1) is 11.3 Å². The van der Waals surface area contributed by atoms with Gasteiger partial charge in [-0.3, -0.25) is 0 Å². The molecule has 0 bridgehead atoms. The number of hydrogen-bond acceptors (Lipinski definition) is 5. The maximum Gasteiger partial charge on any atom is 0.233 e. The molecule has 0 spiro atoms. The van der Waals surface area contributed by atoms with Gasteiger partial charge in [-0.05, 0) is 37.0 Å². The molecule has 2 atom stereocenters. The standard InChI is InChI=1S/C16H26N2O2S/c1-16(2,3)11-6-4-10(5-7-11)14-17-15(20-18-14)12-8-21-9-13(12)19/h10-13,19H,4-9H2,1-3H3. The first-order chi connectivity index (χ1) is 9.95. The monoisotopic (exact) mass is 310 g/mol. The predicted molar refractivity (Wildman–Crippen MR) is 84.5 cm³/mol. The highest BCUT2D eigenvalue weighted by atomic mass is 32.2. The minimum Gasteiger partial charge on any atom is -0.391 e. The number of aliphatic hydroxyl groups excluding tert-OH is 1. The van der Waals surface area contributed by atoms with Gasteiger partial charge in [-0.25, -0.2) is 0 Å². The molecule has 1 saturated carbocycles. The summed E-state index contributed by atoms with van der Waals surface area (Å²) >= 11 is 1.76. The second-order valence-corrected chi connectivity index (χ2v) is 8.69. The Labute approximate surface area is 131 Å². The topological polar surface area (TPSA) is 59.2 Å². The van der Waals surface area contributed by atoms with E-state index in [1.165, 1.54) is 12.8 Å². The Morgan fingerprint density at radius 1 is 1.14 bits per heavy atom. The quantitative estimate of drug-likeness (QED) is 0.904. The number of aliphatic hydroxyl groups is 1. The van der Waals surface area contributed by atoms with Gasteiger partial charge in [0, 0.05) is 17.4 Å². The average molecular weight is 310 g/mol. The van der Waals surface area contributed by atoms with Crippen molar-refractivity contribution in [2.45, 2.75) is 64.4 Å². The van der Waals surface area contributed by atoms with Crippen molar-refractivity contribution in [1.29, 1.82) is 0 Å². The van der Waals surface area contributed by atoms with Gasteiger partial charge in [0.05, 0.1) is 12.0 Å². The molecule has 4 nitrogen and oxygen atoms in total. The van der Waals surface area contributed by atoms with Crippen LogP contribution in [0.1, 0.15) is 70.0 Å². The fourth-order valence-electron chi connectivity index (χ4n) is 3.56. The Morgan fingerprint density at radius 3 is 2.43 bits per heavy atom. The van der Waals surface area contributed by atoms with E-state index in [0.717, 1.165) is 36.1 Å². The zero-order chi connectivity index (χ0) is 15.0. The molecule has 1 saturated heterocycles. The third-order valence-electron chi connectivity index (χ3n) is 5.14. The van der Waals surface area contributed by atoms with Gasteiger partial charge in [-0.15, -0.1) is 0 Å². The van der Waals surface area contributed by atoms with E-state index in [4.69, 9.17) is 4.52 Å². The van der Waals surface area contributed by atoms with Crippen LogP contribution in [-0.4, -0.2) is 32.9 Å². The van der Waals surface area contributed by atoms with Crippen LogP contribution in [0.2, 0.25) is 0 Å². The second-order valence-electron chi connectivity index (χ2n) is 7.62. The Morgan fingerprint density at radius 2 is 1.86 bits per heavy atom. The van der Waals surface area contributed by atoms with E-state index in [1.807, 2.05) is 0 Å². The summed E-state index contributed by atoms with van der Waals surface area (Å²) in [5.74, 6) is 4.43. The summed E-state index contributed by atoms with van der Waals surface area (Å²) in [5.41, 5.74) is 0.401. The molecule has 1 aliphatic heterocycles. The highest BCUT2D eigenvalue weighted by Crippen LogP contribution is 2.43. The van der Waals surface area contributed by atoms with Gasteiger partial charge in [0.25, 0.3) is 0 Å². The predicted octanol–water partition coefficient (Wildman–Crippen LogP) is 3.58. The minimum atomic E-state index is -0.333. The van der Waals surface area contributed by atoms with Gasteiger partial charge in [-0.2, -0.15) is 16.7 Å². The van der Waals surface area contributed by atoms with Crippen molar-refractivity contribution in [3.63, 3.8) is 0 Å². The molecule has 0 radical (unpaired) electrons. The third kappa shape index (κ3) is 3.29. The number of aromatic nitrogens is 2. The number of rotatable bonds is 2. The fraction of sp³-hybridized carbons (Fsp3) is 0.875. The molecule has 0 aromatic carbocycles. The molecule has 1 aromatic rings. The van der Waals surface area contributed by atoms with E-state index >= 15 is 0 Å². The first-order valence-corrected chi connectivity index (χ1v) is 9.20. The lowest BCUT2D eigenvalue weighted by atomic mass is 9.70. The zero-order valence-corrected chi connectivity index (χ0v) is 14.0. The molecule has 1 aromatic heterocycles. The zero-order valence-electron chi connectivity index (χ0n) is 13.2. The van der Waals surface area contributed by atoms with Gasteiger partial charge in [-0.1, -0.05) is 25.9 Å². The summed E-state index contributed by atoms with van der Waals surface area (Å²) in [4.78, 5) is 4.60. The maximum atomic E-state index is 9.94. The maximum absolute atomic E-state index is 9.94. The number of hydrogen-bond donors (Lipinski definition) is 1. The summed E-state index contributed by atoms with van der Waals surface area (Å²) in [6.07, 6.45) is 4.48. The Balaban J connectivity index is 1.63. The molecule has 21 heavy (non-hydrogen) atoms. The van der Waals surface area contributed by atoms with Crippen LogP contribution in [0.4, 0.5) is 0 Å². The molecule has 2 unspecified atom stereocenters. The van der Waals surface area contributed by atoms with Crippen molar-refractivity contribution in [2.75, 3.05) is 11.5 Å². The second kappa shape index (κ2) is 5.92. The molecule has 2 heterocycles. The van der Waals surface area contributed by atoms with E-state index in [9.17, 15) is 5.11 Å². The van der Waals surface area contributed by atoms with Gasteiger partial charge < -0.3 is 9.63 Å². The lowest BCUT2D eigenvalue weighted by Crippen LogP contribution is -2.25. The summed E-state index contributed by atoms with van der Waals surface area (Å²) in [6, 6.07) is 0. The highest BCUT2D eigenvalue weighted by Gasteiger charge is 2.35. The average Bonchev–Trinajstić information content (AvgIpc) is 3.06. The Hall–Kier alpha value is -0.550. The van der Waals surface area contributed by atoms with Gasteiger partial charge in [0.15, 0.2) is 5.82 Å². The first-order valence-electron chi connectivity index (χ1n) is 8.04. The van der Waals surface area contributed by atoms with E-state index in [0.29, 0.717) is 17.2 Å². The van der Waals surface area contributed by atoms with Crippen LogP contribution in [0.5, 0.6) is 0 Å². The molecule has 1 aliphatic carbocycles. The van der Waals surface area contributed by atoms with Gasteiger partial charge >= 0.3 is 0 Å². The SMILES string of the molecule is CC(C)(C)C1CCC(c2noc(C3CSCC3O)n2)CC1. The molecule has 2 aliphatic rings. The van der Waals surface area contributed by atoms with Crippen molar-refractivity contribution in [3.05, 3.63) is 11.7 Å². The summed E-state index contributed by atoms with van der Waals surface area (Å²) < 4.78 is 5.43. The normalized spacial score (nSPS) is 34.3. The van der Waals surface area contributed by atoms with Gasteiger partial charge in [0.1, 0.15) is 0 Å². The van der Waals surface area contributed by atoms with Crippen LogP contribution < -0.4 is 0 Å². The molecular weight excluding hydrogens is 284 g/mol. The molecule has 1 N–H and O–H groups in total. The molecule has 0 amide bonds. The van der Waals surface area contributed by atoms with E-state index in [2.05, 4.69) is 30.9 Å². The van der Waals surface area contributed by atoms with E-state index < -0.39 is 0 Å². The van der Waals surface area contributed by atoms with Crippen molar-refractivity contribution < 1.29 is 9.63 Å². The van der Waals surface area contributed by atoms with Crippen LogP contribution >= 0.6 is 11.8 Å². The molecule has 3 rings (SSSR count). The molecule has 5 heteroatoms. The largest absolute Gasteiger partial charge is 0.391 e. The lowest BCUT2D eigenvalue weighted by Gasteiger charge is -2.36. The van der Waals surface area contributed by atoms with E-state index in [-0.39, 0.29) is 12.0 Å². The van der Waals surface area contributed by atoms with Crippen molar-refractivity contribution in [2.24, 2.45) is 11.3 Å². The van der Waals surface area contributed by atoms with Crippen molar-refractivity contribution >= 4 is 11.8 Å².